The molecule has 0 aliphatic heterocycles. The smallest absolute Gasteiger partial charge is 0.270 e. The Morgan fingerprint density at radius 1 is 0.897 bits per heavy atom. The van der Waals surface area contributed by atoms with Gasteiger partial charge in [0.1, 0.15) is 11.7 Å². The zero-order chi connectivity index (χ0) is 27.4. The van der Waals surface area contributed by atoms with Gasteiger partial charge in [0.2, 0.25) is 5.91 Å². The van der Waals surface area contributed by atoms with Crippen LogP contribution in [0.15, 0.2) is 97.3 Å². The van der Waals surface area contributed by atoms with Crippen LogP contribution >= 0.6 is 23.2 Å². The summed E-state index contributed by atoms with van der Waals surface area (Å²) in [5.41, 5.74) is 9.78. The topological polar surface area (TPSA) is 116 Å². The highest BCUT2D eigenvalue weighted by Crippen LogP contribution is 2.30. The van der Waals surface area contributed by atoms with Crippen LogP contribution in [0.3, 0.4) is 0 Å². The number of nitrogens with two attached hydrogens (primary N) is 1. The van der Waals surface area contributed by atoms with Crippen molar-refractivity contribution in [3.05, 3.63) is 119 Å². The number of carbonyl (C=O) groups excluding carboxylic acids is 2. The zero-order valence-corrected chi connectivity index (χ0v) is 22.0. The van der Waals surface area contributed by atoms with E-state index >= 15 is 0 Å². The van der Waals surface area contributed by atoms with Gasteiger partial charge < -0.3 is 11.1 Å². The van der Waals surface area contributed by atoms with E-state index in [0.29, 0.717) is 32.8 Å². The average Bonchev–Trinajstić information content (AvgIpc) is 3.41. The second kappa shape index (κ2) is 11.5. The van der Waals surface area contributed by atoms with Crippen molar-refractivity contribution in [3.8, 4) is 28.3 Å². The van der Waals surface area contributed by atoms with Crippen LogP contribution in [0.25, 0.3) is 28.3 Å². The lowest BCUT2D eigenvalue weighted by Crippen LogP contribution is -2.46. The van der Waals surface area contributed by atoms with E-state index in [1.54, 1.807) is 53.5 Å². The summed E-state index contributed by atoms with van der Waals surface area (Å²) in [5.74, 6) is -1.16. The molecule has 3 heterocycles. The fourth-order valence-electron chi connectivity index (χ4n) is 4.04. The summed E-state index contributed by atoms with van der Waals surface area (Å²) in [7, 11) is 0. The van der Waals surface area contributed by atoms with Crippen molar-refractivity contribution in [1.82, 2.24) is 25.1 Å². The molecule has 194 valence electrons. The van der Waals surface area contributed by atoms with Gasteiger partial charge in [0, 0.05) is 24.4 Å². The number of hydrogen-bond acceptors (Lipinski definition) is 5. The third kappa shape index (κ3) is 5.98. The number of primary amides is 1. The monoisotopic (exact) mass is 556 g/mol. The van der Waals surface area contributed by atoms with Gasteiger partial charge in [-0.15, -0.1) is 0 Å². The molecule has 0 radical (unpaired) electrons. The van der Waals surface area contributed by atoms with Crippen molar-refractivity contribution >= 4 is 35.0 Å². The number of halogens is 2. The van der Waals surface area contributed by atoms with Crippen LogP contribution in [0.5, 0.6) is 0 Å². The van der Waals surface area contributed by atoms with Crippen LogP contribution in [0.4, 0.5) is 0 Å². The molecule has 3 aromatic heterocycles. The molecular formula is C29H22Cl2N6O2. The maximum absolute atomic E-state index is 13.2. The summed E-state index contributed by atoms with van der Waals surface area (Å²) in [6, 6.07) is 24.2. The zero-order valence-electron chi connectivity index (χ0n) is 20.5. The second-order valence-corrected chi connectivity index (χ2v) is 9.51. The molecule has 3 N–H and O–H groups in total. The number of nitrogens with zero attached hydrogens (tertiary/aromatic N) is 4. The van der Waals surface area contributed by atoms with E-state index in [4.69, 9.17) is 34.0 Å². The normalized spacial score (nSPS) is 11.6. The highest BCUT2D eigenvalue weighted by atomic mass is 35.5. The van der Waals surface area contributed by atoms with Gasteiger partial charge in [0.05, 0.1) is 32.8 Å². The second-order valence-electron chi connectivity index (χ2n) is 8.69. The van der Waals surface area contributed by atoms with Crippen LogP contribution in [-0.4, -0.2) is 37.6 Å². The standard InChI is InChI=1S/C29H22Cl2N6O2/c30-21-12-11-20(15-22(21)31)37-27(16-25(36-37)19-8-5-13-33-17-19)23-9-4-10-24(34-23)29(39)35-26(28(32)38)14-18-6-2-1-3-7-18/h1-13,15-17,26H,14H2,(H2,32,38)(H,35,39)/t26-/m0/s1. The van der Waals surface area contributed by atoms with Crippen molar-refractivity contribution in [2.45, 2.75) is 12.5 Å². The minimum absolute atomic E-state index is 0.122. The number of rotatable bonds is 8. The molecule has 0 aliphatic rings. The Morgan fingerprint density at radius 2 is 1.72 bits per heavy atom. The molecule has 5 aromatic rings. The van der Waals surface area contributed by atoms with Crippen molar-refractivity contribution in [2.75, 3.05) is 0 Å². The summed E-state index contributed by atoms with van der Waals surface area (Å²) in [6.45, 7) is 0. The molecular weight excluding hydrogens is 535 g/mol. The number of aromatic nitrogens is 4. The van der Waals surface area contributed by atoms with Crippen LogP contribution in [0, 0.1) is 0 Å². The Labute approximate surface area is 234 Å². The maximum Gasteiger partial charge on any atom is 0.270 e. The molecule has 2 amide bonds. The quantitative estimate of drug-likeness (QED) is 0.275. The Hall–Kier alpha value is -4.53. The van der Waals surface area contributed by atoms with Gasteiger partial charge >= 0.3 is 0 Å². The molecule has 0 saturated carbocycles. The molecule has 5 rings (SSSR count). The molecule has 0 fully saturated rings. The fraction of sp³-hybridized carbons (Fsp3) is 0.0690. The summed E-state index contributed by atoms with van der Waals surface area (Å²) >= 11 is 12.4. The Kier molecular flexibility index (Phi) is 7.67. The molecule has 8 nitrogen and oxygen atoms in total. The highest BCUT2D eigenvalue weighted by molar-refractivity contribution is 6.42. The molecule has 0 bridgehead atoms. The molecule has 2 aromatic carbocycles. The SMILES string of the molecule is NC(=O)[C@H](Cc1ccccc1)NC(=O)c1cccc(-c2cc(-c3cccnc3)nn2-c2ccc(Cl)c(Cl)c2)n1. The van der Waals surface area contributed by atoms with Crippen molar-refractivity contribution in [2.24, 2.45) is 5.73 Å². The van der Waals surface area contributed by atoms with Gasteiger partial charge in [-0.05, 0) is 54.1 Å². The number of pyridine rings is 2. The molecule has 39 heavy (non-hydrogen) atoms. The van der Waals surface area contributed by atoms with Crippen LogP contribution in [-0.2, 0) is 11.2 Å². The summed E-state index contributed by atoms with van der Waals surface area (Å²) in [4.78, 5) is 34.0. The van der Waals surface area contributed by atoms with E-state index in [1.807, 2.05) is 48.5 Å². The minimum atomic E-state index is -0.899. The number of amides is 2. The number of carbonyl (C=O) groups is 2. The van der Waals surface area contributed by atoms with Gasteiger partial charge in [0.15, 0.2) is 0 Å². The van der Waals surface area contributed by atoms with Crippen molar-refractivity contribution in [3.63, 3.8) is 0 Å². The van der Waals surface area contributed by atoms with E-state index in [9.17, 15) is 9.59 Å². The molecule has 0 saturated heterocycles. The molecule has 1 atom stereocenters. The highest BCUT2D eigenvalue weighted by Gasteiger charge is 2.22. The largest absolute Gasteiger partial charge is 0.368 e. The van der Waals surface area contributed by atoms with E-state index in [0.717, 1.165) is 11.1 Å². The van der Waals surface area contributed by atoms with Gasteiger partial charge in [0.25, 0.3) is 5.91 Å². The summed E-state index contributed by atoms with van der Waals surface area (Å²) < 4.78 is 1.68. The van der Waals surface area contributed by atoms with Gasteiger partial charge in [-0.25, -0.2) is 9.67 Å². The molecule has 0 spiro atoms. The lowest BCUT2D eigenvalue weighted by Gasteiger charge is -2.16. The Balaban J connectivity index is 1.50. The van der Waals surface area contributed by atoms with Gasteiger partial charge in [-0.3, -0.25) is 14.6 Å². The average molecular weight is 557 g/mol. The van der Waals surface area contributed by atoms with E-state index in [-0.39, 0.29) is 12.1 Å². The first-order valence-electron chi connectivity index (χ1n) is 12.0. The first kappa shape index (κ1) is 26.1. The molecule has 0 aliphatic carbocycles. The number of hydrogen-bond donors (Lipinski definition) is 2. The number of nitrogens with one attached hydrogen (secondary N) is 1. The maximum atomic E-state index is 13.2. The lowest BCUT2D eigenvalue weighted by atomic mass is 10.1. The predicted octanol–water partition coefficient (Wildman–Crippen LogP) is 5.13. The minimum Gasteiger partial charge on any atom is -0.368 e. The molecule has 10 heteroatoms. The van der Waals surface area contributed by atoms with Gasteiger partial charge in [-0.1, -0.05) is 59.6 Å². The Morgan fingerprint density at radius 3 is 2.44 bits per heavy atom. The van der Waals surface area contributed by atoms with E-state index in [2.05, 4.69) is 15.3 Å². The van der Waals surface area contributed by atoms with Crippen LogP contribution < -0.4 is 11.1 Å². The van der Waals surface area contributed by atoms with Crippen LogP contribution in [0.1, 0.15) is 16.1 Å². The summed E-state index contributed by atoms with van der Waals surface area (Å²) in [5, 5.41) is 8.26. The van der Waals surface area contributed by atoms with Crippen molar-refractivity contribution in [1.29, 1.82) is 0 Å². The van der Waals surface area contributed by atoms with E-state index < -0.39 is 17.9 Å². The first-order valence-corrected chi connectivity index (χ1v) is 12.7. The summed E-state index contributed by atoms with van der Waals surface area (Å²) in [6.07, 6.45) is 3.65. The molecule has 0 unspecified atom stereocenters. The predicted molar refractivity (Wildman–Crippen MR) is 151 cm³/mol. The first-order chi connectivity index (χ1) is 18.9. The van der Waals surface area contributed by atoms with Crippen molar-refractivity contribution < 1.29 is 9.59 Å². The van der Waals surface area contributed by atoms with Crippen LogP contribution in [0.2, 0.25) is 10.0 Å². The lowest BCUT2D eigenvalue weighted by molar-refractivity contribution is -0.119. The third-order valence-electron chi connectivity index (χ3n) is 5.99. The van der Waals surface area contributed by atoms with E-state index in [1.165, 1.54) is 0 Å². The third-order valence-corrected chi connectivity index (χ3v) is 6.73. The van der Waals surface area contributed by atoms with Gasteiger partial charge in [-0.2, -0.15) is 5.10 Å². The Bertz CT molecular complexity index is 1640. The fourth-order valence-corrected chi connectivity index (χ4v) is 4.33. The number of benzene rings is 2.